The van der Waals surface area contributed by atoms with Gasteiger partial charge in [-0.05, 0) is 25.5 Å². The molecule has 2 aromatic rings. The summed E-state index contributed by atoms with van der Waals surface area (Å²) in [5, 5.41) is 0. The van der Waals surface area contributed by atoms with Crippen molar-refractivity contribution >= 4 is 51.1 Å². The minimum atomic E-state index is -1.26. The van der Waals surface area contributed by atoms with E-state index in [1.807, 2.05) is 26.0 Å². The Morgan fingerprint density at radius 3 is 2.29 bits per heavy atom. The monoisotopic (exact) mass is 360 g/mol. The Labute approximate surface area is 140 Å². The molecule has 0 saturated heterocycles. The molecule has 0 radical (unpaired) electrons. The fourth-order valence-corrected chi connectivity index (χ4v) is 4.73. The number of hydrogen-bond acceptors (Lipinski definition) is 3. The summed E-state index contributed by atoms with van der Waals surface area (Å²) in [7, 11) is -1.26. The highest BCUT2D eigenvalue weighted by Crippen LogP contribution is 2.31. The zero-order chi connectivity index (χ0) is 15.6. The molecule has 2 rings (SSSR count). The van der Waals surface area contributed by atoms with Gasteiger partial charge in [-0.15, -0.1) is 11.3 Å². The molecule has 1 atom stereocenters. The van der Waals surface area contributed by atoms with Crippen molar-refractivity contribution in [1.29, 1.82) is 0 Å². The Bertz CT molecular complexity index is 687. The first-order valence-corrected chi connectivity index (χ1v) is 9.31. The lowest BCUT2D eigenvalue weighted by molar-refractivity contribution is 0.102. The maximum Gasteiger partial charge on any atom is 0.177 e. The third-order valence-electron chi connectivity index (χ3n) is 2.86. The van der Waals surface area contributed by atoms with Crippen LogP contribution in [0.25, 0.3) is 0 Å². The third kappa shape index (κ3) is 4.65. The van der Waals surface area contributed by atoms with E-state index in [1.165, 1.54) is 6.07 Å². The summed E-state index contributed by atoms with van der Waals surface area (Å²) in [6, 6.07) is 7.57. The number of carbonyl (C=O) groups excluding carboxylic acids is 1. The number of aryl methyl sites for hydroxylation is 2. The summed E-state index contributed by atoms with van der Waals surface area (Å²) in [6.07, 6.45) is 0. The van der Waals surface area contributed by atoms with E-state index >= 15 is 0 Å². The van der Waals surface area contributed by atoms with Gasteiger partial charge in [-0.3, -0.25) is 9.00 Å². The van der Waals surface area contributed by atoms with E-state index in [4.69, 9.17) is 23.2 Å². The van der Waals surface area contributed by atoms with Gasteiger partial charge in [0, 0.05) is 22.1 Å². The van der Waals surface area contributed by atoms with Gasteiger partial charge < -0.3 is 0 Å². The van der Waals surface area contributed by atoms with Crippen molar-refractivity contribution in [2.75, 3.05) is 5.75 Å². The second-order valence-electron chi connectivity index (χ2n) is 4.89. The highest BCUT2D eigenvalue weighted by atomic mass is 35.5. The van der Waals surface area contributed by atoms with Gasteiger partial charge in [-0.2, -0.15) is 0 Å². The lowest BCUT2D eigenvalue weighted by Crippen LogP contribution is -2.12. The number of thiophene rings is 1. The lowest BCUT2D eigenvalue weighted by Gasteiger charge is -2.05. The highest BCUT2D eigenvalue weighted by Gasteiger charge is 2.17. The number of benzene rings is 1. The largest absolute Gasteiger partial charge is 0.293 e. The molecule has 0 amide bonds. The first-order valence-electron chi connectivity index (χ1n) is 6.25. The molecule has 1 aromatic heterocycles. The van der Waals surface area contributed by atoms with E-state index in [1.54, 1.807) is 0 Å². The van der Waals surface area contributed by atoms with Crippen molar-refractivity contribution in [2.45, 2.75) is 19.6 Å². The molecule has 0 aliphatic rings. The summed E-state index contributed by atoms with van der Waals surface area (Å²) in [5.74, 6) is 0.0922. The highest BCUT2D eigenvalue weighted by molar-refractivity contribution is 7.85. The van der Waals surface area contributed by atoms with Crippen LogP contribution in [0, 0.1) is 13.8 Å². The Balaban J connectivity index is 2.04. The number of halogens is 2. The second kappa shape index (κ2) is 7.05. The maximum atomic E-state index is 12.2. The minimum absolute atomic E-state index is 0.0419. The second-order valence-corrected chi connectivity index (χ2v) is 8.63. The van der Waals surface area contributed by atoms with Gasteiger partial charge >= 0.3 is 0 Å². The summed E-state index contributed by atoms with van der Waals surface area (Å²) in [4.78, 5) is 12.1. The van der Waals surface area contributed by atoms with Crippen LogP contribution in [0.15, 0.2) is 24.3 Å². The molecule has 1 heterocycles. The van der Waals surface area contributed by atoms with Gasteiger partial charge in [0.15, 0.2) is 5.78 Å². The van der Waals surface area contributed by atoms with Crippen LogP contribution in [-0.2, 0) is 16.6 Å². The van der Waals surface area contributed by atoms with E-state index < -0.39 is 10.8 Å². The molecule has 0 bridgehead atoms. The molecular weight excluding hydrogens is 347 g/mol. The van der Waals surface area contributed by atoms with Crippen molar-refractivity contribution in [1.82, 2.24) is 0 Å². The smallest absolute Gasteiger partial charge is 0.177 e. The van der Waals surface area contributed by atoms with Gasteiger partial charge in [-0.25, -0.2) is 0 Å². The summed E-state index contributed by atoms with van der Waals surface area (Å²) in [6.45, 7) is 4.00. The summed E-state index contributed by atoms with van der Waals surface area (Å²) in [5.41, 5.74) is 3.59. The van der Waals surface area contributed by atoms with Gasteiger partial charge in [0.2, 0.25) is 0 Å². The van der Waals surface area contributed by atoms with Gasteiger partial charge in [0.05, 0.1) is 10.1 Å². The van der Waals surface area contributed by atoms with E-state index in [0.717, 1.165) is 28.0 Å². The van der Waals surface area contributed by atoms with Crippen LogP contribution in [0.3, 0.4) is 0 Å². The zero-order valence-electron chi connectivity index (χ0n) is 11.6. The molecule has 0 aliphatic heterocycles. The van der Waals surface area contributed by atoms with E-state index in [-0.39, 0.29) is 11.5 Å². The van der Waals surface area contributed by atoms with E-state index in [2.05, 4.69) is 6.07 Å². The Kier molecular flexibility index (Phi) is 5.60. The maximum absolute atomic E-state index is 12.2. The molecule has 0 N–H and O–H groups in total. The van der Waals surface area contributed by atoms with Crippen LogP contribution >= 0.6 is 34.5 Å². The van der Waals surface area contributed by atoms with Crippen molar-refractivity contribution in [3.63, 3.8) is 0 Å². The molecule has 0 saturated carbocycles. The molecule has 1 aromatic carbocycles. The third-order valence-corrected chi connectivity index (χ3v) is 5.59. The number of rotatable bonds is 5. The minimum Gasteiger partial charge on any atom is -0.293 e. The predicted octanol–water partition coefficient (Wildman–Crippen LogP) is 4.80. The topological polar surface area (TPSA) is 34.1 Å². The molecule has 0 spiro atoms. The molecule has 0 fully saturated rings. The fraction of sp³-hybridized carbons (Fsp3) is 0.267. The average molecular weight is 361 g/mol. The molecule has 2 nitrogen and oxygen atoms in total. The normalized spacial score (nSPS) is 12.4. The Morgan fingerprint density at radius 2 is 1.76 bits per heavy atom. The summed E-state index contributed by atoms with van der Waals surface area (Å²) >= 11 is 12.9. The summed E-state index contributed by atoms with van der Waals surface area (Å²) < 4.78 is 13.0. The molecule has 21 heavy (non-hydrogen) atoms. The molecule has 1 unspecified atom stereocenters. The number of carbonyl (C=O) groups is 1. The Morgan fingerprint density at radius 1 is 1.14 bits per heavy atom. The SMILES string of the molecule is Cc1cc(C)cc(CS(=O)CC(=O)c2cc(Cl)sc2Cl)c1. The van der Waals surface area contributed by atoms with Crippen LogP contribution in [0.4, 0.5) is 0 Å². The number of Topliss-reactive ketones (excluding diaryl/α,β-unsaturated/α-hetero) is 1. The van der Waals surface area contributed by atoms with Crippen molar-refractivity contribution in [3.05, 3.63) is 55.2 Å². The van der Waals surface area contributed by atoms with E-state index in [9.17, 15) is 9.00 Å². The predicted molar refractivity (Wildman–Crippen MR) is 91.3 cm³/mol. The standard InChI is InChI=1S/C15H14Cl2O2S2/c1-9-3-10(2)5-11(4-9)7-21(19)8-13(18)12-6-14(16)20-15(12)17/h3-6H,7-8H2,1-2H3. The van der Waals surface area contributed by atoms with Crippen LogP contribution < -0.4 is 0 Å². The van der Waals surface area contributed by atoms with Crippen LogP contribution in [0.1, 0.15) is 27.0 Å². The van der Waals surface area contributed by atoms with Gasteiger partial charge in [0.1, 0.15) is 4.34 Å². The van der Waals surface area contributed by atoms with Gasteiger partial charge in [0.25, 0.3) is 0 Å². The fourth-order valence-electron chi connectivity index (χ4n) is 2.14. The van der Waals surface area contributed by atoms with E-state index in [0.29, 0.717) is 20.0 Å². The molecule has 0 aliphatic carbocycles. The zero-order valence-corrected chi connectivity index (χ0v) is 14.8. The van der Waals surface area contributed by atoms with Crippen LogP contribution in [0.5, 0.6) is 0 Å². The average Bonchev–Trinajstić information content (AvgIpc) is 2.66. The number of hydrogen-bond donors (Lipinski definition) is 0. The Hall–Kier alpha value is -0.680. The van der Waals surface area contributed by atoms with Gasteiger partial charge in [-0.1, -0.05) is 52.5 Å². The first kappa shape index (κ1) is 16.7. The molecule has 6 heteroatoms. The molecular formula is C15H14Cl2O2S2. The lowest BCUT2D eigenvalue weighted by atomic mass is 10.1. The van der Waals surface area contributed by atoms with Crippen molar-refractivity contribution < 1.29 is 9.00 Å². The van der Waals surface area contributed by atoms with Crippen molar-refractivity contribution in [2.24, 2.45) is 0 Å². The van der Waals surface area contributed by atoms with Crippen LogP contribution in [-0.4, -0.2) is 15.7 Å². The number of ketones is 1. The quantitative estimate of drug-likeness (QED) is 0.717. The first-order chi connectivity index (χ1) is 9.85. The molecule has 112 valence electrons. The van der Waals surface area contributed by atoms with Crippen molar-refractivity contribution in [3.8, 4) is 0 Å². The van der Waals surface area contributed by atoms with Crippen LogP contribution in [0.2, 0.25) is 8.67 Å².